The molecule has 35 heavy (non-hydrogen) atoms. The van der Waals surface area contributed by atoms with Crippen molar-refractivity contribution >= 4 is 17.6 Å². The maximum atomic E-state index is 13.0. The van der Waals surface area contributed by atoms with E-state index in [4.69, 9.17) is 4.74 Å². The molecule has 2 amide bonds. The molecule has 2 heterocycles. The number of alkyl halides is 3. The number of carbonyl (C=O) groups is 3. The monoisotopic (exact) mass is 497 g/mol. The summed E-state index contributed by atoms with van der Waals surface area (Å²) in [7, 11) is 0. The molecule has 12 heteroatoms. The lowest BCUT2D eigenvalue weighted by Crippen LogP contribution is -2.32. The molecule has 0 bridgehead atoms. The number of carbonyl (C=O) groups excluding carboxylic acids is 3. The predicted molar refractivity (Wildman–Crippen MR) is 115 cm³/mol. The molecule has 0 spiro atoms. The number of ketones is 1. The summed E-state index contributed by atoms with van der Waals surface area (Å²) >= 11 is 0. The van der Waals surface area contributed by atoms with Crippen molar-refractivity contribution in [3.05, 3.63) is 47.5 Å². The van der Waals surface area contributed by atoms with Gasteiger partial charge >= 0.3 is 11.8 Å². The Hall–Kier alpha value is -2.96. The molecular weight excluding hydrogens is 471 g/mol. The number of halogens is 3. The van der Waals surface area contributed by atoms with Gasteiger partial charge in [0.05, 0.1) is 25.4 Å². The van der Waals surface area contributed by atoms with Crippen LogP contribution in [0.3, 0.4) is 0 Å². The molecule has 0 aromatic heterocycles. The number of aliphatic hydroxyl groups is 2. The molecule has 0 saturated carbocycles. The lowest BCUT2D eigenvalue weighted by molar-refractivity contribution is -0.166. The molecule has 0 radical (unpaired) electrons. The van der Waals surface area contributed by atoms with Crippen LogP contribution in [-0.4, -0.2) is 70.9 Å². The average molecular weight is 497 g/mol. The van der Waals surface area contributed by atoms with Crippen molar-refractivity contribution in [1.82, 2.24) is 4.90 Å². The van der Waals surface area contributed by atoms with Gasteiger partial charge in [0, 0.05) is 37.1 Å². The van der Waals surface area contributed by atoms with Crippen molar-refractivity contribution in [3.63, 3.8) is 0 Å². The number of benzene rings is 1. The van der Waals surface area contributed by atoms with Crippen LogP contribution in [0.2, 0.25) is 0 Å². The van der Waals surface area contributed by atoms with E-state index in [9.17, 15) is 37.8 Å². The van der Waals surface area contributed by atoms with Gasteiger partial charge in [-0.1, -0.05) is 24.3 Å². The molecule has 0 saturated heterocycles. The van der Waals surface area contributed by atoms with Crippen LogP contribution in [0.4, 0.5) is 13.2 Å². The fourth-order valence-electron chi connectivity index (χ4n) is 3.53. The van der Waals surface area contributed by atoms with Gasteiger partial charge in [-0.15, -0.1) is 10.2 Å². The molecule has 2 N–H and O–H groups in total. The molecule has 1 aromatic rings. The number of hydrogen-bond donors (Lipinski definition) is 2. The number of imide groups is 1. The van der Waals surface area contributed by atoms with Crippen LogP contribution in [0.1, 0.15) is 36.8 Å². The molecular formula is C23H26F3N3O6. The summed E-state index contributed by atoms with van der Waals surface area (Å²) in [6, 6.07) is 5.71. The van der Waals surface area contributed by atoms with Gasteiger partial charge in [-0.05, 0) is 24.8 Å². The highest BCUT2D eigenvalue weighted by molar-refractivity contribution is 6.13. The Kier molecular flexibility index (Phi) is 8.51. The van der Waals surface area contributed by atoms with Crippen LogP contribution in [0.5, 0.6) is 0 Å². The van der Waals surface area contributed by atoms with Gasteiger partial charge < -0.3 is 14.9 Å². The van der Waals surface area contributed by atoms with Gasteiger partial charge in [0.2, 0.25) is 0 Å². The zero-order valence-corrected chi connectivity index (χ0v) is 18.8. The van der Waals surface area contributed by atoms with Crippen molar-refractivity contribution in [2.75, 3.05) is 19.8 Å². The van der Waals surface area contributed by atoms with Crippen molar-refractivity contribution in [3.8, 4) is 0 Å². The molecule has 9 nitrogen and oxygen atoms in total. The SMILES string of the molecule is O=C(CCC(O)COCC(O)CCc1ccc(C2(C(F)(F)F)N=N2)cc1)CCN1C(=O)C=CC1=O. The van der Waals surface area contributed by atoms with Crippen LogP contribution in [-0.2, 0) is 31.2 Å². The van der Waals surface area contributed by atoms with Gasteiger partial charge in [-0.25, -0.2) is 0 Å². The number of amides is 2. The lowest BCUT2D eigenvalue weighted by atomic mass is 9.99. The van der Waals surface area contributed by atoms with Crippen molar-refractivity contribution in [2.45, 2.75) is 56.2 Å². The largest absolute Gasteiger partial charge is 0.442 e. The number of Topliss-reactive ketones (excluding diaryl/α,β-unsaturated/α-hetero) is 1. The van der Waals surface area contributed by atoms with Gasteiger partial charge in [-0.2, -0.15) is 13.2 Å². The number of aliphatic hydroxyl groups excluding tert-OH is 2. The Bertz CT molecular complexity index is 969. The Morgan fingerprint density at radius 3 is 2.09 bits per heavy atom. The summed E-state index contributed by atoms with van der Waals surface area (Å²) in [5.41, 5.74) is -1.77. The summed E-state index contributed by atoms with van der Waals surface area (Å²) in [4.78, 5) is 35.8. The quantitative estimate of drug-likeness (QED) is 0.379. The third-order valence-electron chi connectivity index (χ3n) is 5.71. The second kappa shape index (κ2) is 11.2. The first-order valence-corrected chi connectivity index (χ1v) is 11.1. The van der Waals surface area contributed by atoms with E-state index in [2.05, 4.69) is 10.2 Å². The molecule has 2 aliphatic rings. The maximum absolute atomic E-state index is 13.0. The van der Waals surface area contributed by atoms with E-state index in [1.54, 1.807) is 0 Å². The van der Waals surface area contributed by atoms with Crippen molar-refractivity contribution < 1.29 is 42.5 Å². The highest BCUT2D eigenvalue weighted by Gasteiger charge is 2.65. The number of hydrogen-bond acceptors (Lipinski definition) is 8. The second-order valence-electron chi connectivity index (χ2n) is 8.44. The molecule has 190 valence electrons. The number of rotatable bonds is 14. The van der Waals surface area contributed by atoms with E-state index in [0.29, 0.717) is 12.8 Å². The van der Waals surface area contributed by atoms with Crippen LogP contribution in [0.25, 0.3) is 0 Å². The zero-order valence-electron chi connectivity index (χ0n) is 18.8. The van der Waals surface area contributed by atoms with Gasteiger partial charge in [0.1, 0.15) is 5.78 Å². The highest BCUT2D eigenvalue weighted by atomic mass is 19.4. The predicted octanol–water partition coefficient (Wildman–Crippen LogP) is 2.20. The molecule has 2 unspecified atom stereocenters. The van der Waals surface area contributed by atoms with Gasteiger partial charge in [0.15, 0.2) is 0 Å². The van der Waals surface area contributed by atoms with E-state index in [1.165, 1.54) is 24.3 Å². The minimum absolute atomic E-state index is 0.00111. The molecule has 0 aliphatic carbocycles. The number of aryl methyl sites for hydroxylation is 1. The first-order chi connectivity index (χ1) is 16.5. The highest BCUT2D eigenvalue weighted by Crippen LogP contribution is 2.52. The first kappa shape index (κ1) is 26.6. The van der Waals surface area contributed by atoms with Crippen LogP contribution in [0.15, 0.2) is 46.6 Å². The minimum atomic E-state index is -4.58. The lowest BCUT2D eigenvalue weighted by Gasteiger charge is -2.16. The van der Waals surface area contributed by atoms with E-state index in [1.807, 2.05) is 0 Å². The smallest absolute Gasteiger partial charge is 0.391 e. The zero-order chi connectivity index (χ0) is 25.6. The normalized spacial score (nSPS) is 18.3. The van der Waals surface area contributed by atoms with E-state index in [0.717, 1.165) is 22.6 Å². The molecule has 1 aromatic carbocycles. The molecule has 3 rings (SSSR count). The molecule has 2 atom stereocenters. The topological polar surface area (TPSA) is 129 Å². The Balaban J connectivity index is 1.27. The Labute approximate surface area is 199 Å². The van der Waals surface area contributed by atoms with Crippen LogP contribution in [0, 0.1) is 0 Å². The fraction of sp³-hybridized carbons (Fsp3) is 0.522. The molecule has 0 fully saturated rings. The van der Waals surface area contributed by atoms with E-state index < -0.39 is 35.9 Å². The summed E-state index contributed by atoms with van der Waals surface area (Å²) in [5, 5.41) is 26.3. The second-order valence-corrected chi connectivity index (χ2v) is 8.44. The summed E-state index contributed by atoms with van der Waals surface area (Å²) in [5.74, 6) is -1.11. The number of nitrogens with zero attached hydrogens (tertiary/aromatic N) is 3. The molecule has 2 aliphatic heterocycles. The van der Waals surface area contributed by atoms with E-state index in [-0.39, 0.29) is 50.4 Å². The van der Waals surface area contributed by atoms with Crippen LogP contribution < -0.4 is 0 Å². The van der Waals surface area contributed by atoms with E-state index >= 15 is 0 Å². The fourth-order valence-corrected chi connectivity index (χ4v) is 3.53. The summed E-state index contributed by atoms with van der Waals surface area (Å²) < 4.78 is 44.4. The first-order valence-electron chi connectivity index (χ1n) is 11.1. The minimum Gasteiger partial charge on any atom is -0.391 e. The van der Waals surface area contributed by atoms with Gasteiger partial charge in [-0.3, -0.25) is 19.3 Å². The summed E-state index contributed by atoms with van der Waals surface area (Å²) in [6.07, 6.45) is -3.14. The van der Waals surface area contributed by atoms with Crippen molar-refractivity contribution in [1.29, 1.82) is 0 Å². The maximum Gasteiger partial charge on any atom is 0.442 e. The van der Waals surface area contributed by atoms with Crippen molar-refractivity contribution in [2.24, 2.45) is 10.2 Å². The van der Waals surface area contributed by atoms with Crippen LogP contribution >= 0.6 is 0 Å². The average Bonchev–Trinajstić information content (AvgIpc) is 3.57. The third kappa shape index (κ3) is 7.03. The Morgan fingerprint density at radius 2 is 1.54 bits per heavy atom. The Morgan fingerprint density at radius 1 is 0.971 bits per heavy atom. The number of ether oxygens (including phenoxy) is 1. The van der Waals surface area contributed by atoms with Gasteiger partial charge in [0.25, 0.3) is 11.8 Å². The standard InChI is InChI=1S/C23H26F3N3O6/c24-23(25,26)22(27-28-22)16-4-1-15(2-5-16)3-6-18(31)13-35-14-19(32)8-7-17(30)11-12-29-20(33)9-10-21(29)34/h1-2,4-5,9-10,18-19,31-32H,3,6-8,11-14H2. The summed E-state index contributed by atoms with van der Waals surface area (Å²) in [6.45, 7) is -0.137. The third-order valence-corrected chi connectivity index (χ3v) is 5.71.